The molecule has 150 valence electrons. The first kappa shape index (κ1) is 20.3. The Balaban J connectivity index is 1.66. The normalized spacial score (nSPS) is 10.7. The molecule has 0 spiro atoms. The first-order valence-electron chi connectivity index (χ1n) is 9.47. The van der Waals surface area contributed by atoms with E-state index in [1.165, 1.54) is 12.1 Å². The second kappa shape index (κ2) is 9.15. The molecule has 0 aliphatic heterocycles. The second-order valence-electron chi connectivity index (χ2n) is 6.98. The lowest BCUT2D eigenvalue weighted by Gasteiger charge is -2.12. The van der Waals surface area contributed by atoms with E-state index in [4.69, 9.17) is 14.6 Å². The quantitative estimate of drug-likeness (QED) is 0.553. The molecule has 29 heavy (non-hydrogen) atoms. The Bertz CT molecular complexity index is 994. The molecule has 0 aliphatic carbocycles. The predicted octanol–water partition coefficient (Wildman–Crippen LogP) is 5.17. The smallest absolute Gasteiger partial charge is 0.339 e. The van der Waals surface area contributed by atoms with Crippen LogP contribution in [0.25, 0.3) is 11.1 Å². The van der Waals surface area contributed by atoms with Gasteiger partial charge in [0.1, 0.15) is 22.8 Å². The van der Waals surface area contributed by atoms with E-state index in [1.54, 1.807) is 6.07 Å². The maximum atomic E-state index is 11.1. The Morgan fingerprint density at radius 2 is 1.66 bits per heavy atom. The van der Waals surface area contributed by atoms with Gasteiger partial charge >= 0.3 is 5.97 Å². The van der Waals surface area contributed by atoms with E-state index in [9.17, 15) is 9.90 Å². The lowest BCUT2D eigenvalue weighted by molar-refractivity contribution is 0.0693. The number of hydrogen-bond acceptors (Lipinski definition) is 4. The fraction of sp³-hybridized carbons (Fsp3) is 0.208. The fourth-order valence-electron chi connectivity index (χ4n) is 2.99. The number of aromatic hydroxyl groups is 1. The van der Waals surface area contributed by atoms with Crippen molar-refractivity contribution < 1.29 is 24.5 Å². The summed E-state index contributed by atoms with van der Waals surface area (Å²) in [4.78, 5) is 11.1. The zero-order valence-corrected chi connectivity index (χ0v) is 16.5. The molecule has 5 nitrogen and oxygen atoms in total. The van der Waals surface area contributed by atoms with Gasteiger partial charge in [0.05, 0.1) is 12.7 Å². The van der Waals surface area contributed by atoms with Gasteiger partial charge in [-0.15, -0.1) is 0 Å². The summed E-state index contributed by atoms with van der Waals surface area (Å²) in [5, 5.41) is 18.6. The van der Waals surface area contributed by atoms with Gasteiger partial charge in [-0.05, 0) is 60.9 Å². The second-order valence-corrected chi connectivity index (χ2v) is 6.98. The van der Waals surface area contributed by atoms with Gasteiger partial charge in [0, 0.05) is 6.42 Å². The number of hydrogen-bond donors (Lipinski definition) is 2. The third-order valence-electron chi connectivity index (χ3n) is 4.32. The zero-order valence-electron chi connectivity index (χ0n) is 16.5. The molecule has 0 amide bonds. The third-order valence-corrected chi connectivity index (χ3v) is 4.32. The highest BCUT2D eigenvalue weighted by Crippen LogP contribution is 2.26. The molecule has 0 aromatic heterocycles. The van der Waals surface area contributed by atoms with Crippen molar-refractivity contribution in [1.29, 1.82) is 0 Å². The third kappa shape index (κ3) is 5.51. The molecule has 0 heterocycles. The largest absolute Gasteiger partial charge is 0.507 e. The maximum absolute atomic E-state index is 11.1. The molecular formula is C24H24O5. The van der Waals surface area contributed by atoms with Crippen LogP contribution in [0.1, 0.15) is 29.8 Å². The Labute approximate surface area is 170 Å². The van der Waals surface area contributed by atoms with E-state index in [0.717, 1.165) is 22.4 Å². The van der Waals surface area contributed by atoms with Crippen molar-refractivity contribution in [3.8, 4) is 28.4 Å². The van der Waals surface area contributed by atoms with E-state index >= 15 is 0 Å². The number of benzene rings is 3. The molecule has 3 aromatic rings. The van der Waals surface area contributed by atoms with E-state index < -0.39 is 5.97 Å². The SMILES string of the molecule is CC(C)Oc1cccc(-c2cccc(CCOc3ccc(O)c(C(=O)O)c3)c2)c1. The summed E-state index contributed by atoms with van der Waals surface area (Å²) < 4.78 is 11.4. The summed E-state index contributed by atoms with van der Waals surface area (Å²) >= 11 is 0. The van der Waals surface area contributed by atoms with Crippen molar-refractivity contribution >= 4 is 5.97 Å². The summed E-state index contributed by atoms with van der Waals surface area (Å²) in [6, 6.07) is 20.4. The summed E-state index contributed by atoms with van der Waals surface area (Å²) in [6.07, 6.45) is 0.787. The van der Waals surface area contributed by atoms with Gasteiger partial charge < -0.3 is 19.7 Å². The van der Waals surface area contributed by atoms with Crippen molar-refractivity contribution in [3.63, 3.8) is 0 Å². The van der Waals surface area contributed by atoms with Crippen molar-refractivity contribution in [2.75, 3.05) is 6.61 Å². The van der Waals surface area contributed by atoms with Crippen LogP contribution in [0.15, 0.2) is 66.7 Å². The van der Waals surface area contributed by atoms with Crippen LogP contribution in [-0.4, -0.2) is 28.9 Å². The highest BCUT2D eigenvalue weighted by Gasteiger charge is 2.11. The summed E-state index contributed by atoms with van der Waals surface area (Å²) in [7, 11) is 0. The maximum Gasteiger partial charge on any atom is 0.339 e. The highest BCUT2D eigenvalue weighted by molar-refractivity contribution is 5.91. The van der Waals surface area contributed by atoms with Gasteiger partial charge in [0.2, 0.25) is 0 Å². The van der Waals surface area contributed by atoms with Crippen molar-refractivity contribution in [3.05, 3.63) is 77.9 Å². The lowest BCUT2D eigenvalue weighted by atomic mass is 10.0. The molecule has 3 rings (SSSR count). The number of aromatic carboxylic acids is 1. The van der Waals surface area contributed by atoms with Crippen LogP contribution >= 0.6 is 0 Å². The molecule has 5 heteroatoms. The number of carbonyl (C=O) groups is 1. The van der Waals surface area contributed by atoms with E-state index in [1.807, 2.05) is 50.2 Å². The minimum atomic E-state index is -1.19. The molecule has 3 aromatic carbocycles. The standard InChI is InChI=1S/C24H24O5/c1-16(2)29-21-8-4-7-19(14-21)18-6-3-5-17(13-18)11-12-28-20-9-10-23(25)22(15-20)24(26)27/h3-10,13-16,25H,11-12H2,1-2H3,(H,26,27). The van der Waals surface area contributed by atoms with Crippen molar-refractivity contribution in [1.82, 2.24) is 0 Å². The summed E-state index contributed by atoms with van der Waals surface area (Å²) in [5.41, 5.74) is 3.10. The van der Waals surface area contributed by atoms with Gasteiger partial charge in [-0.25, -0.2) is 4.79 Å². The highest BCUT2D eigenvalue weighted by atomic mass is 16.5. The first-order chi connectivity index (χ1) is 13.9. The molecular weight excluding hydrogens is 368 g/mol. The van der Waals surface area contributed by atoms with E-state index in [-0.39, 0.29) is 17.4 Å². The van der Waals surface area contributed by atoms with Crippen molar-refractivity contribution in [2.45, 2.75) is 26.4 Å². The van der Waals surface area contributed by atoms with Gasteiger partial charge in [-0.3, -0.25) is 0 Å². The average molecular weight is 392 g/mol. The van der Waals surface area contributed by atoms with E-state index in [2.05, 4.69) is 12.1 Å². The molecule has 2 N–H and O–H groups in total. The Kier molecular flexibility index (Phi) is 6.39. The van der Waals surface area contributed by atoms with Crippen molar-refractivity contribution in [2.24, 2.45) is 0 Å². The fourth-order valence-corrected chi connectivity index (χ4v) is 2.99. The van der Waals surface area contributed by atoms with Crippen LogP contribution in [0.4, 0.5) is 0 Å². The molecule has 0 fully saturated rings. The minimum Gasteiger partial charge on any atom is -0.507 e. The Morgan fingerprint density at radius 3 is 2.38 bits per heavy atom. The van der Waals surface area contributed by atoms with Gasteiger partial charge in [0.25, 0.3) is 0 Å². The van der Waals surface area contributed by atoms with E-state index in [0.29, 0.717) is 18.8 Å². The molecule has 0 unspecified atom stereocenters. The number of carboxylic acids is 1. The number of rotatable bonds is 8. The van der Waals surface area contributed by atoms with Crippen LogP contribution < -0.4 is 9.47 Å². The number of carboxylic acid groups (broad SMARTS) is 1. The Hall–Kier alpha value is -3.47. The molecule has 0 radical (unpaired) electrons. The summed E-state index contributed by atoms with van der Waals surface area (Å²) in [5.74, 6) is -0.215. The number of phenols is 1. The monoisotopic (exact) mass is 392 g/mol. The lowest BCUT2D eigenvalue weighted by Crippen LogP contribution is -2.05. The molecule has 0 bridgehead atoms. The average Bonchev–Trinajstić information content (AvgIpc) is 2.69. The first-order valence-corrected chi connectivity index (χ1v) is 9.47. The van der Waals surface area contributed by atoms with Gasteiger partial charge in [-0.2, -0.15) is 0 Å². The van der Waals surface area contributed by atoms with Crippen LogP contribution in [-0.2, 0) is 6.42 Å². The molecule has 0 aliphatic rings. The van der Waals surface area contributed by atoms with Gasteiger partial charge in [-0.1, -0.05) is 36.4 Å². The van der Waals surface area contributed by atoms with Gasteiger partial charge in [0.15, 0.2) is 0 Å². The number of ether oxygens (including phenoxy) is 2. The van der Waals surface area contributed by atoms with Crippen LogP contribution in [0, 0.1) is 0 Å². The van der Waals surface area contributed by atoms with Crippen LogP contribution in [0.3, 0.4) is 0 Å². The van der Waals surface area contributed by atoms with Crippen LogP contribution in [0.5, 0.6) is 17.2 Å². The summed E-state index contributed by atoms with van der Waals surface area (Å²) in [6.45, 7) is 4.39. The Morgan fingerprint density at radius 1 is 0.931 bits per heavy atom. The van der Waals surface area contributed by atoms with Crippen LogP contribution in [0.2, 0.25) is 0 Å². The molecule has 0 saturated carbocycles. The minimum absolute atomic E-state index is 0.121. The zero-order chi connectivity index (χ0) is 20.8. The topological polar surface area (TPSA) is 76.0 Å². The molecule has 0 atom stereocenters. The molecule has 0 saturated heterocycles. The predicted molar refractivity (Wildman–Crippen MR) is 112 cm³/mol.